The van der Waals surface area contributed by atoms with Gasteiger partial charge in [-0.1, -0.05) is 11.6 Å². The third kappa shape index (κ3) is 3.27. The van der Waals surface area contributed by atoms with Crippen LogP contribution in [0.25, 0.3) is 0 Å². The van der Waals surface area contributed by atoms with Gasteiger partial charge in [-0.15, -0.1) is 0 Å². The smallest absolute Gasteiger partial charge is 0.221 e. The van der Waals surface area contributed by atoms with Crippen molar-refractivity contribution in [1.29, 1.82) is 0 Å². The number of hydrogen-bond acceptors (Lipinski definition) is 3. The van der Waals surface area contributed by atoms with Gasteiger partial charge in [0, 0.05) is 20.0 Å². The number of rotatable bonds is 4. The van der Waals surface area contributed by atoms with Crippen LogP contribution >= 0.6 is 11.6 Å². The number of benzene rings is 1. The van der Waals surface area contributed by atoms with Crippen LogP contribution in [0.3, 0.4) is 0 Å². The summed E-state index contributed by atoms with van der Waals surface area (Å²) in [6, 6.07) is 3.48. The topological polar surface area (TPSA) is 58.4 Å². The van der Waals surface area contributed by atoms with Crippen LogP contribution in [0.2, 0.25) is 5.02 Å². The van der Waals surface area contributed by atoms with Crippen LogP contribution in [0.5, 0.6) is 0 Å². The average molecular weight is 256 g/mol. The second kappa shape index (κ2) is 5.77. The summed E-state index contributed by atoms with van der Waals surface area (Å²) >= 11 is 6.02. The molecule has 0 unspecified atom stereocenters. The summed E-state index contributed by atoms with van der Waals surface area (Å²) in [5, 5.41) is 3.14. The zero-order valence-corrected chi connectivity index (χ0v) is 11.1. The molecule has 0 atom stereocenters. The van der Waals surface area contributed by atoms with Crippen LogP contribution in [0, 0.1) is 0 Å². The molecule has 0 aromatic heterocycles. The van der Waals surface area contributed by atoms with Gasteiger partial charge in [0.05, 0.1) is 22.1 Å². The summed E-state index contributed by atoms with van der Waals surface area (Å²) in [5.41, 5.74) is 8.04. The van der Waals surface area contributed by atoms with Crippen molar-refractivity contribution in [3.63, 3.8) is 0 Å². The van der Waals surface area contributed by atoms with E-state index in [0.717, 1.165) is 18.8 Å². The van der Waals surface area contributed by atoms with E-state index in [2.05, 4.69) is 24.1 Å². The molecule has 0 saturated heterocycles. The van der Waals surface area contributed by atoms with Crippen LogP contribution < -0.4 is 16.0 Å². The van der Waals surface area contributed by atoms with E-state index in [1.807, 2.05) is 6.07 Å². The lowest BCUT2D eigenvalue weighted by molar-refractivity contribution is -0.114. The Morgan fingerprint density at radius 3 is 2.47 bits per heavy atom. The molecule has 1 amide bonds. The first-order valence-electron chi connectivity index (χ1n) is 5.61. The molecule has 0 heterocycles. The van der Waals surface area contributed by atoms with Crippen molar-refractivity contribution >= 4 is 34.6 Å². The summed E-state index contributed by atoms with van der Waals surface area (Å²) in [4.78, 5) is 13.2. The zero-order chi connectivity index (χ0) is 13.0. The van der Waals surface area contributed by atoms with Crippen LogP contribution in [0.4, 0.5) is 17.1 Å². The maximum absolute atomic E-state index is 11.1. The molecule has 0 saturated carbocycles. The molecule has 0 fully saturated rings. The van der Waals surface area contributed by atoms with E-state index in [1.54, 1.807) is 6.07 Å². The summed E-state index contributed by atoms with van der Waals surface area (Å²) in [6.45, 7) is 7.25. The molecule has 0 radical (unpaired) electrons. The van der Waals surface area contributed by atoms with Gasteiger partial charge in [0.25, 0.3) is 0 Å². The Bertz CT molecular complexity index is 416. The average Bonchev–Trinajstić information content (AvgIpc) is 2.25. The van der Waals surface area contributed by atoms with Gasteiger partial charge in [-0.2, -0.15) is 0 Å². The third-order valence-electron chi connectivity index (χ3n) is 2.53. The number of halogens is 1. The van der Waals surface area contributed by atoms with Gasteiger partial charge < -0.3 is 16.0 Å². The molecule has 94 valence electrons. The number of carbonyl (C=O) groups is 1. The Labute approximate surface area is 107 Å². The first-order chi connectivity index (χ1) is 7.99. The lowest BCUT2D eigenvalue weighted by atomic mass is 10.2. The van der Waals surface area contributed by atoms with E-state index in [1.165, 1.54) is 6.92 Å². The quantitative estimate of drug-likeness (QED) is 0.814. The third-order valence-corrected chi connectivity index (χ3v) is 2.84. The van der Waals surface area contributed by atoms with Gasteiger partial charge in [-0.25, -0.2) is 0 Å². The van der Waals surface area contributed by atoms with Crippen molar-refractivity contribution in [2.45, 2.75) is 20.8 Å². The largest absolute Gasteiger partial charge is 0.397 e. The highest BCUT2D eigenvalue weighted by molar-refractivity contribution is 6.34. The van der Waals surface area contributed by atoms with Crippen LogP contribution in [-0.4, -0.2) is 19.0 Å². The molecular formula is C12H18ClN3O. The SMILES string of the molecule is CCN(CC)c1cc(NC(C)=O)c(Cl)cc1N. The van der Waals surface area contributed by atoms with Gasteiger partial charge in [0.15, 0.2) is 0 Å². The fraction of sp³-hybridized carbons (Fsp3) is 0.417. The Kier molecular flexibility index (Phi) is 4.63. The van der Waals surface area contributed by atoms with Crippen LogP contribution in [0.15, 0.2) is 12.1 Å². The highest BCUT2D eigenvalue weighted by Crippen LogP contribution is 2.33. The number of amides is 1. The summed E-state index contributed by atoms with van der Waals surface area (Å²) in [5.74, 6) is -0.151. The van der Waals surface area contributed by atoms with Gasteiger partial charge in [0.2, 0.25) is 5.91 Å². The molecule has 0 spiro atoms. The molecule has 0 bridgehead atoms. The van der Waals surface area contributed by atoms with Crippen molar-refractivity contribution in [2.75, 3.05) is 29.0 Å². The predicted octanol–water partition coefficient (Wildman–Crippen LogP) is 2.73. The molecule has 0 aliphatic heterocycles. The maximum Gasteiger partial charge on any atom is 0.221 e. The van der Waals surface area contributed by atoms with Gasteiger partial charge in [-0.3, -0.25) is 4.79 Å². The second-order valence-electron chi connectivity index (χ2n) is 3.74. The van der Waals surface area contributed by atoms with Crippen molar-refractivity contribution < 1.29 is 4.79 Å². The highest BCUT2D eigenvalue weighted by Gasteiger charge is 2.11. The molecule has 1 aromatic carbocycles. The number of hydrogen-bond donors (Lipinski definition) is 2. The molecule has 5 heteroatoms. The first-order valence-corrected chi connectivity index (χ1v) is 5.98. The predicted molar refractivity (Wildman–Crippen MR) is 73.7 cm³/mol. The monoisotopic (exact) mass is 255 g/mol. The second-order valence-corrected chi connectivity index (χ2v) is 4.15. The number of anilines is 3. The highest BCUT2D eigenvalue weighted by atomic mass is 35.5. The van der Waals surface area contributed by atoms with E-state index in [4.69, 9.17) is 17.3 Å². The first kappa shape index (κ1) is 13.6. The molecule has 1 rings (SSSR count). The molecule has 3 N–H and O–H groups in total. The summed E-state index contributed by atoms with van der Waals surface area (Å²) in [6.07, 6.45) is 0. The number of carbonyl (C=O) groups excluding carboxylic acids is 1. The maximum atomic E-state index is 11.1. The van der Waals surface area contributed by atoms with Crippen LogP contribution in [0.1, 0.15) is 20.8 Å². The number of nitrogens with one attached hydrogen (secondary N) is 1. The minimum atomic E-state index is -0.151. The Morgan fingerprint density at radius 1 is 1.41 bits per heavy atom. The zero-order valence-electron chi connectivity index (χ0n) is 10.4. The fourth-order valence-corrected chi connectivity index (χ4v) is 1.92. The molecule has 1 aromatic rings. The van der Waals surface area contributed by atoms with E-state index in [0.29, 0.717) is 16.4 Å². The van der Waals surface area contributed by atoms with Gasteiger partial charge >= 0.3 is 0 Å². The minimum absolute atomic E-state index is 0.151. The van der Waals surface area contributed by atoms with Crippen molar-refractivity contribution in [3.8, 4) is 0 Å². The lowest BCUT2D eigenvalue weighted by Crippen LogP contribution is -2.23. The summed E-state index contributed by atoms with van der Waals surface area (Å²) < 4.78 is 0. The fourth-order valence-electron chi connectivity index (χ4n) is 1.70. The molecule has 0 aliphatic carbocycles. The Morgan fingerprint density at radius 2 is 2.00 bits per heavy atom. The van der Waals surface area contributed by atoms with Crippen molar-refractivity contribution in [2.24, 2.45) is 0 Å². The number of nitrogen functional groups attached to an aromatic ring is 1. The van der Waals surface area contributed by atoms with E-state index in [-0.39, 0.29) is 5.91 Å². The lowest BCUT2D eigenvalue weighted by Gasteiger charge is -2.24. The summed E-state index contributed by atoms with van der Waals surface area (Å²) in [7, 11) is 0. The number of nitrogens with zero attached hydrogens (tertiary/aromatic N) is 1. The van der Waals surface area contributed by atoms with Gasteiger partial charge in [0.1, 0.15) is 0 Å². The van der Waals surface area contributed by atoms with E-state index < -0.39 is 0 Å². The molecule has 0 aliphatic rings. The standard InChI is InChI=1S/C12H18ClN3O/c1-4-16(5-2)12-7-11(15-8(3)17)9(13)6-10(12)14/h6-7H,4-5,14H2,1-3H3,(H,15,17). The molecule has 17 heavy (non-hydrogen) atoms. The Balaban J connectivity index is 3.17. The minimum Gasteiger partial charge on any atom is -0.397 e. The molecular weight excluding hydrogens is 238 g/mol. The van der Waals surface area contributed by atoms with E-state index >= 15 is 0 Å². The normalized spacial score (nSPS) is 10.1. The van der Waals surface area contributed by atoms with Gasteiger partial charge in [-0.05, 0) is 26.0 Å². The number of nitrogens with two attached hydrogens (primary N) is 1. The van der Waals surface area contributed by atoms with E-state index in [9.17, 15) is 4.79 Å². The van der Waals surface area contributed by atoms with Crippen molar-refractivity contribution in [3.05, 3.63) is 17.2 Å². The van der Waals surface area contributed by atoms with Crippen LogP contribution in [-0.2, 0) is 4.79 Å². The Hall–Kier alpha value is -1.42. The van der Waals surface area contributed by atoms with Crippen molar-refractivity contribution in [1.82, 2.24) is 0 Å². The molecule has 4 nitrogen and oxygen atoms in total.